The fourth-order valence-corrected chi connectivity index (χ4v) is 4.05. The van der Waals surface area contributed by atoms with Gasteiger partial charge >= 0.3 is 0 Å². The number of carbonyl (C=O) groups excluding carboxylic acids is 3. The first-order valence-electron chi connectivity index (χ1n) is 12.4. The lowest BCUT2D eigenvalue weighted by molar-refractivity contribution is -0.129. The van der Waals surface area contributed by atoms with E-state index in [1.54, 1.807) is 12.1 Å². The standard InChI is InChI=1S/C25H35N7O6S/c1-17(2)14-20(26)25(35)32-31-23(33)10-4-3-7-13-27-24(34)19-11-12-22(28-15-19)30-29-16-18-8-5-6-9-21(18)39(36,37)38/h5-6,8-9,11-12,15-17,20H,3-4,7,10,13-14,26H2,1-2H3,(H,27,34)(H,28,30)(H,31,33)(H,32,35)(H,36,37,38)/t20-/m1/s1. The highest BCUT2D eigenvalue weighted by molar-refractivity contribution is 7.86. The van der Waals surface area contributed by atoms with Gasteiger partial charge in [0.15, 0.2) is 0 Å². The van der Waals surface area contributed by atoms with Crippen molar-refractivity contribution in [3.63, 3.8) is 0 Å². The predicted molar refractivity (Wildman–Crippen MR) is 146 cm³/mol. The largest absolute Gasteiger partial charge is 0.352 e. The minimum atomic E-state index is -4.39. The molecule has 212 valence electrons. The first-order chi connectivity index (χ1) is 18.5. The summed E-state index contributed by atoms with van der Waals surface area (Å²) in [7, 11) is -4.39. The summed E-state index contributed by atoms with van der Waals surface area (Å²) in [6.07, 6.45) is 5.31. The Morgan fingerprint density at radius 2 is 1.82 bits per heavy atom. The molecule has 0 fully saturated rings. The summed E-state index contributed by atoms with van der Waals surface area (Å²) < 4.78 is 32.1. The summed E-state index contributed by atoms with van der Waals surface area (Å²) in [4.78, 5) is 39.8. The molecule has 3 amide bonds. The molecule has 14 heteroatoms. The van der Waals surface area contributed by atoms with Crippen molar-refractivity contribution >= 4 is 39.9 Å². The van der Waals surface area contributed by atoms with Crippen LogP contribution >= 0.6 is 0 Å². The molecule has 0 aliphatic heterocycles. The first kappa shape index (κ1) is 31.3. The molecule has 2 rings (SSSR count). The molecular formula is C25H35N7O6S. The Labute approximate surface area is 227 Å². The van der Waals surface area contributed by atoms with Crippen molar-refractivity contribution in [2.24, 2.45) is 16.8 Å². The van der Waals surface area contributed by atoms with E-state index in [4.69, 9.17) is 5.73 Å². The molecule has 0 saturated carbocycles. The predicted octanol–water partition coefficient (Wildman–Crippen LogP) is 1.59. The van der Waals surface area contributed by atoms with Crippen LogP contribution in [0.1, 0.15) is 61.9 Å². The van der Waals surface area contributed by atoms with Crippen molar-refractivity contribution in [3.8, 4) is 0 Å². The van der Waals surface area contributed by atoms with E-state index >= 15 is 0 Å². The number of aromatic nitrogens is 1. The van der Waals surface area contributed by atoms with E-state index in [2.05, 4.69) is 31.7 Å². The van der Waals surface area contributed by atoms with Gasteiger partial charge in [-0.1, -0.05) is 38.5 Å². The molecule has 0 bridgehead atoms. The van der Waals surface area contributed by atoms with Gasteiger partial charge in [0.05, 0.1) is 17.8 Å². The van der Waals surface area contributed by atoms with Crippen LogP contribution in [0.15, 0.2) is 52.6 Å². The van der Waals surface area contributed by atoms with Gasteiger partial charge < -0.3 is 11.1 Å². The number of unbranched alkanes of at least 4 members (excludes halogenated alkanes) is 2. The Morgan fingerprint density at radius 3 is 2.49 bits per heavy atom. The highest BCUT2D eigenvalue weighted by Gasteiger charge is 2.15. The maximum Gasteiger partial charge on any atom is 0.295 e. The number of carbonyl (C=O) groups is 3. The summed E-state index contributed by atoms with van der Waals surface area (Å²) in [5, 5.41) is 6.70. The average molecular weight is 562 g/mol. The van der Waals surface area contributed by atoms with Crippen LogP contribution in [0.3, 0.4) is 0 Å². The van der Waals surface area contributed by atoms with Crippen molar-refractivity contribution in [3.05, 3.63) is 53.7 Å². The van der Waals surface area contributed by atoms with Crippen LogP contribution in [0.4, 0.5) is 5.82 Å². The minimum absolute atomic E-state index is 0.192. The number of nitrogens with zero attached hydrogens (tertiary/aromatic N) is 2. The zero-order valence-electron chi connectivity index (χ0n) is 21.9. The number of anilines is 1. The summed E-state index contributed by atoms with van der Waals surface area (Å²) >= 11 is 0. The second-order valence-electron chi connectivity index (χ2n) is 9.16. The molecule has 2 aromatic rings. The van der Waals surface area contributed by atoms with E-state index in [1.807, 2.05) is 13.8 Å². The van der Waals surface area contributed by atoms with Gasteiger partial charge in [-0.25, -0.2) is 4.98 Å². The maximum atomic E-state index is 12.3. The highest BCUT2D eigenvalue weighted by Crippen LogP contribution is 2.13. The van der Waals surface area contributed by atoms with E-state index in [0.29, 0.717) is 43.6 Å². The Kier molecular flexibility index (Phi) is 12.5. The molecule has 0 radical (unpaired) electrons. The lowest BCUT2D eigenvalue weighted by Gasteiger charge is -2.14. The highest BCUT2D eigenvalue weighted by atomic mass is 32.2. The molecule has 0 unspecified atom stereocenters. The Balaban J connectivity index is 1.66. The number of benzene rings is 1. The van der Waals surface area contributed by atoms with Crippen LogP contribution in [0.2, 0.25) is 0 Å². The zero-order chi connectivity index (χ0) is 28.8. The lowest BCUT2D eigenvalue weighted by Crippen LogP contribution is -2.49. The number of hydrogen-bond acceptors (Lipinski definition) is 9. The van der Waals surface area contributed by atoms with Crippen molar-refractivity contribution in [2.75, 3.05) is 12.0 Å². The van der Waals surface area contributed by atoms with Gasteiger partial charge in [-0.2, -0.15) is 13.5 Å². The van der Waals surface area contributed by atoms with E-state index < -0.39 is 22.1 Å². The van der Waals surface area contributed by atoms with Crippen LogP contribution in [-0.4, -0.2) is 54.5 Å². The Morgan fingerprint density at radius 1 is 1.08 bits per heavy atom. The molecule has 0 aliphatic rings. The third-order valence-electron chi connectivity index (χ3n) is 5.36. The van der Waals surface area contributed by atoms with Crippen LogP contribution in [0, 0.1) is 5.92 Å². The second kappa shape index (κ2) is 15.5. The number of nitrogens with one attached hydrogen (secondary N) is 4. The fraction of sp³-hybridized carbons (Fsp3) is 0.400. The van der Waals surface area contributed by atoms with Crippen molar-refractivity contribution in [2.45, 2.75) is 56.9 Å². The smallest absolute Gasteiger partial charge is 0.295 e. The molecule has 1 aromatic carbocycles. The van der Waals surface area contributed by atoms with Crippen molar-refractivity contribution < 1.29 is 27.4 Å². The van der Waals surface area contributed by atoms with Gasteiger partial charge in [-0.3, -0.25) is 35.2 Å². The summed E-state index contributed by atoms with van der Waals surface area (Å²) in [5.74, 6) is -0.447. The van der Waals surface area contributed by atoms with E-state index in [9.17, 15) is 27.4 Å². The number of pyridine rings is 1. The molecule has 1 heterocycles. The monoisotopic (exact) mass is 561 g/mol. The first-order valence-corrected chi connectivity index (χ1v) is 13.9. The van der Waals surface area contributed by atoms with Crippen molar-refractivity contribution in [1.29, 1.82) is 0 Å². The number of hydrazone groups is 1. The quantitative estimate of drug-likeness (QED) is 0.0856. The molecule has 0 aliphatic carbocycles. The fourth-order valence-electron chi connectivity index (χ4n) is 3.38. The maximum absolute atomic E-state index is 12.3. The molecule has 0 saturated heterocycles. The number of hydrogen-bond donors (Lipinski definition) is 6. The molecule has 1 aromatic heterocycles. The van der Waals surface area contributed by atoms with E-state index in [-0.39, 0.29) is 34.6 Å². The summed E-state index contributed by atoms with van der Waals surface area (Å²) in [6, 6.07) is 8.24. The Hall–Kier alpha value is -3.88. The molecule has 7 N–H and O–H groups in total. The normalized spacial score (nSPS) is 12.2. The van der Waals surface area contributed by atoms with E-state index in [0.717, 1.165) is 0 Å². The van der Waals surface area contributed by atoms with Gasteiger partial charge in [0, 0.05) is 24.7 Å². The van der Waals surface area contributed by atoms with Crippen molar-refractivity contribution in [1.82, 2.24) is 21.2 Å². The number of hydrazine groups is 1. The van der Waals surface area contributed by atoms with Crippen LogP contribution in [0.5, 0.6) is 0 Å². The van der Waals surface area contributed by atoms with Gasteiger partial charge in [-0.15, -0.1) is 0 Å². The average Bonchev–Trinajstić information content (AvgIpc) is 2.88. The molecule has 1 atom stereocenters. The number of rotatable bonds is 14. The van der Waals surface area contributed by atoms with Gasteiger partial charge in [-0.05, 0) is 43.4 Å². The van der Waals surface area contributed by atoms with Crippen LogP contribution in [-0.2, 0) is 19.7 Å². The summed E-state index contributed by atoms with van der Waals surface area (Å²) in [5.41, 5.74) is 13.6. The molecule has 39 heavy (non-hydrogen) atoms. The van der Waals surface area contributed by atoms with Crippen LogP contribution in [0.25, 0.3) is 0 Å². The third-order valence-corrected chi connectivity index (χ3v) is 6.29. The third kappa shape index (κ3) is 11.6. The zero-order valence-corrected chi connectivity index (χ0v) is 22.7. The minimum Gasteiger partial charge on any atom is -0.352 e. The van der Waals surface area contributed by atoms with Gasteiger partial charge in [0.2, 0.25) is 5.91 Å². The second-order valence-corrected chi connectivity index (χ2v) is 10.5. The summed E-state index contributed by atoms with van der Waals surface area (Å²) in [6.45, 7) is 4.33. The number of amides is 3. The van der Waals surface area contributed by atoms with E-state index in [1.165, 1.54) is 36.7 Å². The molecule has 0 spiro atoms. The molecule has 13 nitrogen and oxygen atoms in total. The topological polar surface area (TPSA) is 205 Å². The Bertz CT molecular complexity index is 1250. The SMILES string of the molecule is CC(C)C[C@@H](N)C(=O)NNC(=O)CCCCCNC(=O)c1ccc(NN=Cc2ccccc2S(=O)(=O)O)nc1. The van der Waals surface area contributed by atoms with Gasteiger partial charge in [0.1, 0.15) is 10.7 Å². The number of nitrogens with two attached hydrogens (primary N) is 1. The lowest BCUT2D eigenvalue weighted by atomic mass is 10.0. The van der Waals surface area contributed by atoms with Gasteiger partial charge in [0.25, 0.3) is 21.9 Å². The molecular weight excluding hydrogens is 526 g/mol. The van der Waals surface area contributed by atoms with Crippen LogP contribution < -0.4 is 27.3 Å².